The van der Waals surface area contributed by atoms with E-state index in [-0.39, 0.29) is 5.91 Å². The lowest BCUT2D eigenvalue weighted by molar-refractivity contribution is 0.102. The number of hydrogen-bond donors (Lipinski definition) is 3. The average Bonchev–Trinajstić information content (AvgIpc) is 2.64. The van der Waals surface area contributed by atoms with Crippen LogP contribution in [-0.2, 0) is 0 Å². The number of rotatable bonds is 5. The zero-order chi connectivity index (χ0) is 20.1. The van der Waals surface area contributed by atoms with Crippen LogP contribution in [0.25, 0.3) is 0 Å². The minimum atomic E-state index is -0.664. The van der Waals surface area contributed by atoms with Gasteiger partial charge in [0.2, 0.25) is 0 Å². The zero-order valence-electron chi connectivity index (χ0n) is 15.5. The number of benzene rings is 2. The molecule has 0 saturated carbocycles. The van der Waals surface area contributed by atoms with E-state index < -0.39 is 6.03 Å². The monoisotopic (exact) mass is 392 g/mol. The molecule has 1 heterocycles. The predicted octanol–water partition coefficient (Wildman–Crippen LogP) is 4.59. The molecule has 0 aliphatic carbocycles. The van der Waals surface area contributed by atoms with Crippen LogP contribution < -0.4 is 16.4 Å². The number of carbonyl (C=O) groups excluding carboxylic acids is 2. The fourth-order valence-corrected chi connectivity index (χ4v) is 3.63. The fraction of sp³-hybridized carbons (Fsp3) is 0.0952. The van der Waals surface area contributed by atoms with Crippen LogP contribution in [0.2, 0.25) is 0 Å². The summed E-state index contributed by atoms with van der Waals surface area (Å²) in [6.45, 7) is 4.08. The summed E-state index contributed by atoms with van der Waals surface area (Å²) in [6, 6.07) is 15.7. The first-order chi connectivity index (χ1) is 13.4. The number of urea groups is 1. The number of amides is 3. The molecule has 0 atom stereocenters. The largest absolute Gasteiger partial charge is 0.351 e. The number of pyridine rings is 1. The number of anilines is 2. The topological polar surface area (TPSA) is 97.1 Å². The van der Waals surface area contributed by atoms with Gasteiger partial charge in [0.15, 0.2) is 0 Å². The first-order valence-corrected chi connectivity index (χ1v) is 9.42. The molecular formula is C21H20N4O2S. The van der Waals surface area contributed by atoms with E-state index in [0.29, 0.717) is 22.0 Å². The van der Waals surface area contributed by atoms with Crippen LogP contribution in [0, 0.1) is 13.8 Å². The minimum Gasteiger partial charge on any atom is -0.351 e. The second-order valence-electron chi connectivity index (χ2n) is 6.25. The van der Waals surface area contributed by atoms with Gasteiger partial charge >= 0.3 is 6.03 Å². The zero-order valence-corrected chi connectivity index (χ0v) is 16.3. The van der Waals surface area contributed by atoms with Crippen LogP contribution in [0.4, 0.5) is 16.2 Å². The number of carbonyl (C=O) groups is 2. The highest BCUT2D eigenvalue weighted by Crippen LogP contribution is 2.32. The Labute approximate surface area is 167 Å². The molecule has 0 radical (unpaired) electrons. The average molecular weight is 392 g/mol. The third kappa shape index (κ3) is 4.89. The van der Waals surface area contributed by atoms with Crippen molar-refractivity contribution in [2.75, 3.05) is 10.6 Å². The highest BCUT2D eigenvalue weighted by Gasteiger charge is 2.15. The number of nitrogens with one attached hydrogen (secondary N) is 2. The van der Waals surface area contributed by atoms with Gasteiger partial charge in [-0.25, -0.2) is 9.78 Å². The summed E-state index contributed by atoms with van der Waals surface area (Å²) in [7, 11) is 0. The Bertz CT molecular complexity index is 1040. The summed E-state index contributed by atoms with van der Waals surface area (Å²) >= 11 is 1.45. The third-order valence-electron chi connectivity index (χ3n) is 3.94. The number of nitrogens with two attached hydrogens (primary N) is 1. The van der Waals surface area contributed by atoms with Crippen LogP contribution in [-0.4, -0.2) is 16.9 Å². The van der Waals surface area contributed by atoms with Crippen LogP contribution in [0.3, 0.4) is 0 Å². The molecule has 0 saturated heterocycles. The van der Waals surface area contributed by atoms with E-state index in [4.69, 9.17) is 5.73 Å². The molecule has 6 nitrogen and oxygen atoms in total. The molecule has 1 aromatic heterocycles. The van der Waals surface area contributed by atoms with Crippen molar-refractivity contribution in [3.63, 3.8) is 0 Å². The fourth-order valence-electron chi connectivity index (χ4n) is 2.68. The Kier molecular flexibility index (Phi) is 5.96. The molecule has 7 heteroatoms. The van der Waals surface area contributed by atoms with Gasteiger partial charge in [-0.3, -0.25) is 4.79 Å². The number of hydrogen-bond acceptors (Lipinski definition) is 4. The van der Waals surface area contributed by atoms with E-state index in [1.165, 1.54) is 17.3 Å². The van der Waals surface area contributed by atoms with E-state index >= 15 is 0 Å². The lowest BCUT2D eigenvalue weighted by Gasteiger charge is -2.11. The molecule has 0 fully saturated rings. The summed E-state index contributed by atoms with van der Waals surface area (Å²) in [5.74, 6) is -0.281. The van der Waals surface area contributed by atoms with Gasteiger partial charge in [0.1, 0.15) is 5.03 Å². The highest BCUT2D eigenvalue weighted by molar-refractivity contribution is 7.99. The summed E-state index contributed by atoms with van der Waals surface area (Å²) in [4.78, 5) is 29.3. The number of primary amides is 1. The molecule has 0 aliphatic rings. The van der Waals surface area contributed by atoms with Gasteiger partial charge < -0.3 is 16.4 Å². The molecule has 0 unspecified atom stereocenters. The summed E-state index contributed by atoms with van der Waals surface area (Å²) < 4.78 is 0. The van der Waals surface area contributed by atoms with Crippen LogP contribution in [0.5, 0.6) is 0 Å². The number of nitrogens with zero attached hydrogens (tertiary/aromatic N) is 1. The van der Waals surface area contributed by atoms with Crippen molar-refractivity contribution >= 4 is 35.1 Å². The van der Waals surface area contributed by atoms with Crippen LogP contribution >= 0.6 is 11.8 Å². The van der Waals surface area contributed by atoms with Gasteiger partial charge in [-0.05, 0) is 55.8 Å². The van der Waals surface area contributed by atoms with Crippen molar-refractivity contribution < 1.29 is 9.59 Å². The van der Waals surface area contributed by atoms with E-state index in [2.05, 4.69) is 21.7 Å². The van der Waals surface area contributed by atoms with Crippen molar-refractivity contribution in [1.29, 1.82) is 0 Å². The summed E-state index contributed by atoms with van der Waals surface area (Å²) in [5.41, 5.74) is 8.97. The second kappa shape index (κ2) is 8.58. The normalized spacial score (nSPS) is 10.4. The standard InChI is InChI=1S/C21H20N4O2S/c1-13-8-9-18(14(2)11-13)28-20-17(7-4-10-23-20)19(26)24-15-5-3-6-16(12-15)25-21(22)27/h3-12H,1-2H3,(H,24,26)(H3,22,25,27). The molecule has 0 aliphatic heterocycles. The Morgan fingerprint density at radius 2 is 1.71 bits per heavy atom. The van der Waals surface area contributed by atoms with Gasteiger partial charge in [0.05, 0.1) is 5.56 Å². The van der Waals surface area contributed by atoms with Crippen molar-refractivity contribution in [3.05, 3.63) is 77.5 Å². The maximum atomic E-state index is 12.8. The molecule has 4 N–H and O–H groups in total. The van der Waals surface area contributed by atoms with Gasteiger partial charge in [0, 0.05) is 22.5 Å². The highest BCUT2D eigenvalue weighted by atomic mass is 32.2. The second-order valence-corrected chi connectivity index (χ2v) is 7.28. The first-order valence-electron chi connectivity index (χ1n) is 8.60. The van der Waals surface area contributed by atoms with Gasteiger partial charge in [-0.15, -0.1) is 0 Å². The predicted molar refractivity (Wildman–Crippen MR) is 112 cm³/mol. The van der Waals surface area contributed by atoms with Crippen molar-refractivity contribution in [3.8, 4) is 0 Å². The van der Waals surface area contributed by atoms with Crippen LogP contribution in [0.1, 0.15) is 21.5 Å². The summed E-state index contributed by atoms with van der Waals surface area (Å²) in [5, 5.41) is 5.94. The number of aromatic nitrogens is 1. The quantitative estimate of drug-likeness (QED) is 0.591. The lowest BCUT2D eigenvalue weighted by atomic mass is 10.2. The first kappa shape index (κ1) is 19.4. The molecule has 0 bridgehead atoms. The van der Waals surface area contributed by atoms with Gasteiger partial charge in [0.25, 0.3) is 5.91 Å². The minimum absolute atomic E-state index is 0.281. The van der Waals surface area contributed by atoms with E-state index in [1.807, 2.05) is 26.0 Å². The van der Waals surface area contributed by atoms with Crippen molar-refractivity contribution in [2.24, 2.45) is 5.73 Å². The molecule has 3 rings (SSSR count). The smallest absolute Gasteiger partial charge is 0.316 e. The van der Waals surface area contributed by atoms with Crippen molar-refractivity contribution in [2.45, 2.75) is 23.8 Å². The summed E-state index contributed by atoms with van der Waals surface area (Å²) in [6.07, 6.45) is 1.67. The van der Waals surface area contributed by atoms with E-state index in [1.54, 1.807) is 42.6 Å². The van der Waals surface area contributed by atoms with Crippen LogP contribution in [0.15, 0.2) is 70.7 Å². The Balaban J connectivity index is 1.82. The lowest BCUT2D eigenvalue weighted by Crippen LogP contribution is -2.19. The molecule has 28 heavy (non-hydrogen) atoms. The Morgan fingerprint density at radius 1 is 0.964 bits per heavy atom. The van der Waals surface area contributed by atoms with Gasteiger partial charge in [-0.2, -0.15) is 0 Å². The SMILES string of the molecule is Cc1ccc(Sc2ncccc2C(=O)Nc2cccc(NC(N)=O)c2)c(C)c1. The molecule has 3 amide bonds. The van der Waals surface area contributed by atoms with Crippen molar-refractivity contribution in [1.82, 2.24) is 4.98 Å². The maximum absolute atomic E-state index is 12.8. The van der Waals surface area contributed by atoms with Gasteiger partial charge in [-0.1, -0.05) is 35.5 Å². The Hall–Kier alpha value is -3.32. The number of aryl methyl sites for hydroxylation is 2. The van der Waals surface area contributed by atoms with E-state index in [9.17, 15) is 9.59 Å². The Morgan fingerprint density at radius 3 is 2.43 bits per heavy atom. The van der Waals surface area contributed by atoms with E-state index in [0.717, 1.165) is 10.5 Å². The molecule has 2 aromatic carbocycles. The third-order valence-corrected chi connectivity index (χ3v) is 5.14. The maximum Gasteiger partial charge on any atom is 0.316 e. The molecule has 3 aromatic rings. The molecule has 0 spiro atoms. The molecule has 142 valence electrons. The molecular weight excluding hydrogens is 372 g/mol.